The number of pyridine rings is 1. The lowest BCUT2D eigenvalue weighted by molar-refractivity contribution is -0.141. The van der Waals surface area contributed by atoms with Gasteiger partial charge >= 0.3 is 0 Å². The maximum Gasteiger partial charge on any atom is 0.261 e. The molecule has 8 heteroatoms. The highest BCUT2D eigenvalue weighted by Gasteiger charge is 2.34. The van der Waals surface area contributed by atoms with Crippen molar-refractivity contribution in [1.29, 1.82) is 0 Å². The van der Waals surface area contributed by atoms with E-state index in [0.29, 0.717) is 18.8 Å². The molecule has 1 saturated heterocycles. The molecule has 1 fully saturated rings. The summed E-state index contributed by atoms with van der Waals surface area (Å²) in [5.74, 6) is -0.772. The summed E-state index contributed by atoms with van der Waals surface area (Å²) in [7, 11) is 0. The maximum atomic E-state index is 13.1. The van der Waals surface area contributed by atoms with Crippen LogP contribution in [0, 0.1) is 5.82 Å². The largest absolute Gasteiger partial charge is 0.482 e. The van der Waals surface area contributed by atoms with Crippen LogP contribution >= 0.6 is 0 Å². The second-order valence-corrected chi connectivity index (χ2v) is 5.91. The summed E-state index contributed by atoms with van der Waals surface area (Å²) >= 11 is 0. The Morgan fingerprint density at radius 1 is 1.23 bits per heavy atom. The average Bonchev–Trinajstić information content (AvgIpc) is 2.67. The molecule has 1 aliphatic rings. The number of carbonyl (C=O) groups is 2. The van der Waals surface area contributed by atoms with Gasteiger partial charge in [0.2, 0.25) is 5.91 Å². The molecule has 0 spiro atoms. The molecule has 2 heterocycles. The summed E-state index contributed by atoms with van der Waals surface area (Å²) in [6.45, 7) is 0.875. The van der Waals surface area contributed by atoms with Crippen molar-refractivity contribution in [1.82, 2.24) is 9.88 Å². The number of rotatable bonds is 5. The van der Waals surface area contributed by atoms with Gasteiger partial charge in [-0.2, -0.15) is 0 Å². The fourth-order valence-corrected chi connectivity index (χ4v) is 2.87. The van der Waals surface area contributed by atoms with Crippen molar-refractivity contribution in [2.24, 2.45) is 5.73 Å². The Balaban J connectivity index is 1.65. The van der Waals surface area contributed by atoms with E-state index in [1.54, 1.807) is 30.5 Å². The van der Waals surface area contributed by atoms with Crippen LogP contribution in [0.1, 0.15) is 0 Å². The number of nitrogens with zero attached hydrogens (tertiary/aromatic N) is 3. The molecule has 0 saturated carbocycles. The van der Waals surface area contributed by atoms with Crippen molar-refractivity contribution in [3.05, 3.63) is 54.6 Å². The van der Waals surface area contributed by atoms with Gasteiger partial charge in [0.25, 0.3) is 5.91 Å². The van der Waals surface area contributed by atoms with Crippen LogP contribution in [0.25, 0.3) is 0 Å². The summed E-state index contributed by atoms with van der Waals surface area (Å²) < 4.78 is 18.5. The lowest BCUT2D eigenvalue weighted by Crippen LogP contribution is -2.60. The number of hydrogen-bond acceptors (Lipinski definition) is 5. The third kappa shape index (κ3) is 4.08. The predicted octanol–water partition coefficient (Wildman–Crippen LogP) is 0.802. The van der Waals surface area contributed by atoms with E-state index >= 15 is 0 Å². The number of primary amides is 1. The molecular formula is C18H19FN4O3. The molecule has 0 bridgehead atoms. The monoisotopic (exact) mass is 358 g/mol. The second-order valence-electron chi connectivity index (χ2n) is 5.91. The number of carbonyl (C=O) groups excluding carboxylic acids is 2. The third-order valence-electron chi connectivity index (χ3n) is 4.22. The molecule has 1 aliphatic heterocycles. The van der Waals surface area contributed by atoms with Crippen molar-refractivity contribution in [3.63, 3.8) is 0 Å². The molecule has 0 radical (unpaired) electrons. The van der Waals surface area contributed by atoms with Gasteiger partial charge in [0.05, 0.1) is 6.20 Å². The number of aromatic nitrogens is 1. The number of halogens is 1. The molecular weight excluding hydrogens is 339 g/mol. The summed E-state index contributed by atoms with van der Waals surface area (Å²) in [4.78, 5) is 31.6. The first-order valence-corrected chi connectivity index (χ1v) is 8.17. The summed E-state index contributed by atoms with van der Waals surface area (Å²) in [5.41, 5.74) is 6.27. The number of anilines is 1. The molecule has 3 rings (SSSR count). The molecule has 1 atom stereocenters. The molecule has 1 aromatic heterocycles. The highest BCUT2D eigenvalue weighted by atomic mass is 19.1. The highest BCUT2D eigenvalue weighted by molar-refractivity contribution is 5.88. The van der Waals surface area contributed by atoms with Crippen LogP contribution in [0.4, 0.5) is 10.1 Å². The zero-order valence-corrected chi connectivity index (χ0v) is 14.0. The Bertz CT molecular complexity index is 770. The Kier molecular flexibility index (Phi) is 5.31. The molecule has 1 unspecified atom stereocenters. The van der Waals surface area contributed by atoms with Crippen molar-refractivity contribution in [3.8, 4) is 5.75 Å². The predicted molar refractivity (Wildman–Crippen MR) is 93.0 cm³/mol. The zero-order valence-electron chi connectivity index (χ0n) is 14.0. The van der Waals surface area contributed by atoms with E-state index in [1.165, 1.54) is 23.2 Å². The van der Waals surface area contributed by atoms with Gasteiger partial charge in [-0.3, -0.25) is 14.6 Å². The van der Waals surface area contributed by atoms with Gasteiger partial charge in [0, 0.05) is 31.5 Å². The lowest BCUT2D eigenvalue weighted by Gasteiger charge is -2.40. The van der Waals surface area contributed by atoms with Crippen molar-refractivity contribution in [2.75, 3.05) is 31.1 Å². The Morgan fingerprint density at radius 3 is 2.65 bits per heavy atom. The van der Waals surface area contributed by atoms with E-state index in [1.807, 2.05) is 4.90 Å². The topological polar surface area (TPSA) is 88.8 Å². The minimum absolute atomic E-state index is 0.202. The minimum atomic E-state index is -0.779. The molecule has 2 amide bonds. The molecule has 2 N–H and O–H groups in total. The van der Waals surface area contributed by atoms with E-state index in [-0.39, 0.29) is 24.9 Å². The standard InChI is InChI=1S/C18H19FN4O3/c19-13-3-5-14(6-4-13)22-8-9-23(16(11-22)18(20)25)17(24)12-26-15-2-1-7-21-10-15/h1-7,10,16H,8-9,11-12H2,(H2,20,25). The minimum Gasteiger partial charge on any atom is -0.482 e. The first-order valence-electron chi connectivity index (χ1n) is 8.17. The number of piperazine rings is 1. The van der Waals surface area contributed by atoms with Crippen LogP contribution in [-0.4, -0.2) is 54.0 Å². The first-order chi connectivity index (χ1) is 12.5. The van der Waals surface area contributed by atoms with Gasteiger partial charge in [0.15, 0.2) is 6.61 Å². The van der Waals surface area contributed by atoms with Crippen LogP contribution in [0.2, 0.25) is 0 Å². The van der Waals surface area contributed by atoms with Crippen molar-refractivity contribution >= 4 is 17.5 Å². The quantitative estimate of drug-likeness (QED) is 0.854. The number of ether oxygens (including phenoxy) is 1. The molecule has 136 valence electrons. The Morgan fingerprint density at radius 2 is 2.00 bits per heavy atom. The van der Waals surface area contributed by atoms with Gasteiger partial charge in [-0.25, -0.2) is 4.39 Å². The van der Waals surface area contributed by atoms with Crippen molar-refractivity contribution in [2.45, 2.75) is 6.04 Å². The lowest BCUT2D eigenvalue weighted by atomic mass is 10.1. The first kappa shape index (κ1) is 17.7. The average molecular weight is 358 g/mol. The van der Waals surface area contributed by atoms with Gasteiger partial charge < -0.3 is 20.3 Å². The SMILES string of the molecule is NC(=O)C1CN(c2ccc(F)cc2)CCN1C(=O)COc1cccnc1. The van der Waals surface area contributed by atoms with Gasteiger partial charge in [-0.1, -0.05) is 0 Å². The van der Waals surface area contributed by atoms with Gasteiger partial charge in [-0.05, 0) is 36.4 Å². The zero-order chi connectivity index (χ0) is 18.5. The fourth-order valence-electron chi connectivity index (χ4n) is 2.87. The molecule has 2 aromatic rings. The normalized spacial score (nSPS) is 17.0. The van der Waals surface area contributed by atoms with E-state index in [4.69, 9.17) is 10.5 Å². The van der Waals surface area contributed by atoms with E-state index in [0.717, 1.165) is 5.69 Å². The molecule has 7 nitrogen and oxygen atoms in total. The molecule has 1 aromatic carbocycles. The maximum absolute atomic E-state index is 13.1. The Labute approximate surface area is 150 Å². The fraction of sp³-hybridized carbons (Fsp3) is 0.278. The van der Waals surface area contributed by atoms with Crippen LogP contribution < -0.4 is 15.4 Å². The van der Waals surface area contributed by atoms with Crippen LogP contribution in [0.5, 0.6) is 5.75 Å². The van der Waals surface area contributed by atoms with E-state index < -0.39 is 11.9 Å². The number of amides is 2. The second kappa shape index (κ2) is 7.81. The molecule has 0 aliphatic carbocycles. The van der Waals surface area contributed by atoms with Crippen LogP contribution in [-0.2, 0) is 9.59 Å². The number of nitrogens with two attached hydrogens (primary N) is 1. The van der Waals surface area contributed by atoms with Crippen molar-refractivity contribution < 1.29 is 18.7 Å². The number of hydrogen-bond donors (Lipinski definition) is 1. The van der Waals surface area contributed by atoms with Gasteiger partial charge in [0.1, 0.15) is 17.6 Å². The highest BCUT2D eigenvalue weighted by Crippen LogP contribution is 2.20. The summed E-state index contributed by atoms with van der Waals surface area (Å²) in [6, 6.07) is 8.60. The van der Waals surface area contributed by atoms with E-state index in [2.05, 4.69) is 4.98 Å². The van der Waals surface area contributed by atoms with Crippen LogP contribution in [0.3, 0.4) is 0 Å². The van der Waals surface area contributed by atoms with Gasteiger partial charge in [-0.15, -0.1) is 0 Å². The number of benzene rings is 1. The Hall–Kier alpha value is -3.16. The molecule has 26 heavy (non-hydrogen) atoms. The van der Waals surface area contributed by atoms with Crippen LogP contribution in [0.15, 0.2) is 48.8 Å². The van der Waals surface area contributed by atoms with E-state index in [9.17, 15) is 14.0 Å². The summed E-state index contributed by atoms with van der Waals surface area (Å²) in [6.07, 6.45) is 3.11. The summed E-state index contributed by atoms with van der Waals surface area (Å²) in [5, 5.41) is 0. The smallest absolute Gasteiger partial charge is 0.261 e. The third-order valence-corrected chi connectivity index (χ3v) is 4.22.